The van der Waals surface area contributed by atoms with Crippen LogP contribution in [0.5, 0.6) is 0 Å². The molecule has 1 atom stereocenters. The monoisotopic (exact) mass is 117 g/mol. The molecule has 0 bridgehead atoms. The summed E-state index contributed by atoms with van der Waals surface area (Å²) in [6.45, 7) is 1.27. The summed E-state index contributed by atoms with van der Waals surface area (Å²) >= 11 is 0. The van der Waals surface area contributed by atoms with E-state index in [1.54, 1.807) is 0 Å². The van der Waals surface area contributed by atoms with Gasteiger partial charge < -0.3 is 0 Å². The normalized spacial score (nSPS) is 61.6. The highest BCUT2D eigenvalue weighted by molar-refractivity contribution is 5.79. The van der Waals surface area contributed by atoms with Crippen LogP contribution in [0.25, 0.3) is 0 Å². The summed E-state index contributed by atoms with van der Waals surface area (Å²) in [5.41, 5.74) is 0. The molecule has 1 fully saturated rings. The maximum atomic E-state index is 11.1. The van der Waals surface area contributed by atoms with Gasteiger partial charge >= 0.3 is 0 Å². The Hall–Kier alpha value is -0.330. The van der Waals surface area contributed by atoms with Crippen molar-refractivity contribution in [1.82, 2.24) is 0 Å². The van der Waals surface area contributed by atoms with Crippen molar-refractivity contribution in [3.8, 4) is 0 Å². The summed E-state index contributed by atoms with van der Waals surface area (Å²) < 4.78 is 37.3. The molecule has 0 aliphatic heterocycles. The number of hydrogen-bond acceptors (Lipinski definition) is 1. The Bertz CT molecular complexity index is 223. The summed E-state index contributed by atoms with van der Waals surface area (Å²) in [5, 5.41) is 0. The van der Waals surface area contributed by atoms with Gasteiger partial charge in [-0.2, -0.15) is 0 Å². The quantitative estimate of drug-likeness (QED) is 0.472. The zero-order valence-electron chi connectivity index (χ0n) is 9.82. The van der Waals surface area contributed by atoms with E-state index in [4.69, 9.17) is 6.85 Å². The third-order valence-electron chi connectivity index (χ3n) is 1.05. The third-order valence-corrected chi connectivity index (χ3v) is 1.05. The van der Waals surface area contributed by atoms with Crippen LogP contribution >= 0.6 is 0 Å². The van der Waals surface area contributed by atoms with Crippen LogP contribution < -0.4 is 0 Å². The molecule has 0 aromatic heterocycles. The number of rotatable bonds is 0. The van der Waals surface area contributed by atoms with Gasteiger partial charge in [-0.05, 0) is 18.6 Å². The van der Waals surface area contributed by atoms with E-state index in [1.807, 2.05) is 0 Å². The minimum atomic E-state index is -2.27. The molecule has 0 N–H and O–H groups in total. The first-order valence-electron chi connectivity index (χ1n) is 5.12. The molecule has 1 rings (SSSR count). The van der Waals surface area contributed by atoms with Crippen LogP contribution in [0.1, 0.15) is 39.4 Å². The van der Waals surface area contributed by atoms with Crippen LogP contribution in [0.4, 0.5) is 0 Å². The van der Waals surface area contributed by atoms with Gasteiger partial charge in [0.1, 0.15) is 5.78 Å². The summed E-state index contributed by atoms with van der Waals surface area (Å²) in [4.78, 5) is 11.1. The third kappa shape index (κ3) is 1.32. The largest absolute Gasteiger partial charge is 0.300 e. The molecule has 1 nitrogen and oxygen atoms in total. The molecule has 0 aromatic rings. The van der Waals surface area contributed by atoms with Crippen molar-refractivity contribution in [3.63, 3.8) is 0 Å². The topological polar surface area (TPSA) is 17.1 Å². The molecule has 1 saturated carbocycles. The van der Waals surface area contributed by atoms with Crippen molar-refractivity contribution >= 4 is 5.78 Å². The van der Waals surface area contributed by atoms with Gasteiger partial charge in [0.25, 0.3) is 0 Å². The number of Topliss-reactive ketones (excluding diaryl/α,β-unsaturated/α-hetero) is 1. The van der Waals surface area contributed by atoms with Gasteiger partial charge in [0.2, 0.25) is 0 Å². The first-order chi connectivity index (χ1) is 5.60. The number of carbonyl (C=O) groups excluding carboxylic acids is 1. The molecule has 0 amide bonds. The molecule has 0 spiro atoms. The first kappa shape index (κ1) is 2.13. The minimum Gasteiger partial charge on any atom is -0.300 e. The maximum Gasteiger partial charge on any atom is 0.133 e. The molecule has 1 heteroatoms. The lowest BCUT2D eigenvalue weighted by atomic mass is 9.90. The van der Waals surface area contributed by atoms with Gasteiger partial charge in [0.15, 0.2) is 0 Å². The average Bonchev–Trinajstić information content (AvgIpc) is 1.80. The second-order valence-electron chi connectivity index (χ2n) is 1.97. The lowest BCUT2D eigenvalue weighted by molar-refractivity contribution is -0.121. The highest BCUT2D eigenvalue weighted by Crippen LogP contribution is 2.19. The summed E-state index contributed by atoms with van der Waals surface area (Å²) in [6, 6.07) is 0. The van der Waals surface area contributed by atoms with Gasteiger partial charge in [-0.1, -0.05) is 6.92 Å². The molecular weight excluding hydrogens is 100 g/mol. The summed E-state index contributed by atoms with van der Waals surface area (Å²) in [5.74, 6) is -2.04. The Kier molecular flexibility index (Phi) is 0.609. The smallest absolute Gasteiger partial charge is 0.133 e. The van der Waals surface area contributed by atoms with Crippen molar-refractivity contribution in [2.45, 2.75) is 32.5 Å². The number of ketones is 1. The van der Waals surface area contributed by atoms with Gasteiger partial charge in [0, 0.05) is 19.7 Å². The zero-order valence-corrected chi connectivity index (χ0v) is 4.82. The highest BCUT2D eigenvalue weighted by atomic mass is 16.1. The Balaban J connectivity index is 3.10. The van der Waals surface area contributed by atoms with Crippen molar-refractivity contribution < 1.29 is 11.6 Å². The van der Waals surface area contributed by atoms with E-state index in [-0.39, 0.29) is 12.2 Å². The van der Waals surface area contributed by atoms with E-state index < -0.39 is 25.1 Å². The number of carbonyl (C=O) groups is 1. The van der Waals surface area contributed by atoms with E-state index >= 15 is 0 Å². The summed E-state index contributed by atoms with van der Waals surface area (Å²) in [7, 11) is 0. The molecule has 1 aliphatic carbocycles. The standard InChI is InChI=1S/C7H12O/c1-6-3-2-4-7(8)5-6/h6H,2-5H2,1H3/i2D2,3D2,6D. The molecule has 0 heterocycles. The lowest BCUT2D eigenvalue weighted by Crippen LogP contribution is -2.11. The average molecular weight is 117 g/mol. The fourth-order valence-electron chi connectivity index (χ4n) is 0.696. The van der Waals surface area contributed by atoms with E-state index in [2.05, 4.69) is 0 Å². The molecule has 0 saturated heterocycles. The van der Waals surface area contributed by atoms with Gasteiger partial charge in [-0.3, -0.25) is 4.79 Å². The van der Waals surface area contributed by atoms with Crippen LogP contribution in [-0.2, 0) is 4.79 Å². The van der Waals surface area contributed by atoms with Crippen LogP contribution in [-0.4, -0.2) is 5.78 Å². The predicted molar refractivity (Wildman–Crippen MR) is 32.6 cm³/mol. The Morgan fingerprint density at radius 2 is 2.75 bits per heavy atom. The Morgan fingerprint density at radius 3 is 3.38 bits per heavy atom. The van der Waals surface area contributed by atoms with Crippen molar-refractivity contribution in [3.05, 3.63) is 0 Å². The molecular formula is C7H12O. The first-order valence-corrected chi connectivity index (χ1v) is 2.62. The van der Waals surface area contributed by atoms with Gasteiger partial charge in [0.05, 0.1) is 0 Å². The molecule has 46 valence electrons. The van der Waals surface area contributed by atoms with Crippen LogP contribution in [0, 0.1) is 5.89 Å². The van der Waals surface area contributed by atoms with Crippen molar-refractivity contribution in [1.29, 1.82) is 0 Å². The van der Waals surface area contributed by atoms with Gasteiger partial charge in [-0.25, -0.2) is 0 Å². The van der Waals surface area contributed by atoms with Crippen LogP contribution in [0.2, 0.25) is 0 Å². The van der Waals surface area contributed by atoms with Gasteiger partial charge in [-0.15, -0.1) is 0 Å². The fraction of sp³-hybridized carbons (Fsp3) is 0.857. The van der Waals surface area contributed by atoms with Crippen LogP contribution in [0.15, 0.2) is 0 Å². The Labute approximate surface area is 57.1 Å². The van der Waals surface area contributed by atoms with E-state index in [0.29, 0.717) is 0 Å². The van der Waals surface area contributed by atoms with Crippen molar-refractivity contribution in [2.24, 2.45) is 5.89 Å². The lowest BCUT2D eigenvalue weighted by Gasteiger charge is -2.14. The maximum absolute atomic E-state index is 11.1. The molecule has 1 aliphatic rings. The SMILES string of the molecule is [2H]C1([2H])CC(=O)CC([2H])(C)C1([2H])[2H]. The molecule has 1 unspecified atom stereocenters. The fourth-order valence-corrected chi connectivity index (χ4v) is 0.696. The predicted octanol–water partition coefficient (Wildman–Crippen LogP) is 1.77. The highest BCUT2D eigenvalue weighted by Gasteiger charge is 2.14. The van der Waals surface area contributed by atoms with Crippen LogP contribution in [0.3, 0.4) is 0 Å². The molecule has 0 radical (unpaired) electrons. The summed E-state index contributed by atoms with van der Waals surface area (Å²) in [6.07, 6.45) is -5.12. The second-order valence-corrected chi connectivity index (χ2v) is 1.97. The minimum absolute atomic E-state index is 0.209. The Morgan fingerprint density at radius 1 is 2.00 bits per heavy atom. The molecule has 0 aromatic carbocycles. The van der Waals surface area contributed by atoms with E-state index in [1.165, 1.54) is 6.92 Å². The molecule has 8 heavy (non-hydrogen) atoms. The zero-order chi connectivity index (χ0) is 10.5. The number of hydrogen-bond donors (Lipinski definition) is 0. The van der Waals surface area contributed by atoms with Crippen molar-refractivity contribution in [2.75, 3.05) is 0 Å². The second kappa shape index (κ2) is 2.29. The van der Waals surface area contributed by atoms with E-state index in [0.717, 1.165) is 0 Å². The van der Waals surface area contributed by atoms with E-state index in [9.17, 15) is 4.79 Å².